The third kappa shape index (κ3) is 3.89. The number of hydrogen-bond donors (Lipinski definition) is 2. The van der Waals surface area contributed by atoms with Crippen LogP contribution in [-0.4, -0.2) is 29.3 Å². The van der Waals surface area contributed by atoms with Crippen molar-refractivity contribution in [2.24, 2.45) is 0 Å². The van der Waals surface area contributed by atoms with Gasteiger partial charge in [-0.2, -0.15) is 0 Å². The van der Waals surface area contributed by atoms with Gasteiger partial charge >= 0.3 is 5.69 Å². The van der Waals surface area contributed by atoms with E-state index in [-0.39, 0.29) is 11.4 Å². The van der Waals surface area contributed by atoms with Gasteiger partial charge in [0, 0.05) is 6.54 Å². The summed E-state index contributed by atoms with van der Waals surface area (Å²) in [7, 11) is 0. The number of aliphatic hydroxyl groups is 1. The minimum atomic E-state index is -0.463. The lowest BCUT2D eigenvalue weighted by Gasteiger charge is -2.11. The van der Waals surface area contributed by atoms with Crippen molar-refractivity contribution in [2.45, 2.75) is 26.4 Å². The van der Waals surface area contributed by atoms with Gasteiger partial charge in [-0.1, -0.05) is 6.07 Å². The zero-order valence-corrected chi connectivity index (χ0v) is 10.5. The molecule has 0 spiro atoms. The second-order valence-corrected chi connectivity index (χ2v) is 3.91. The van der Waals surface area contributed by atoms with Gasteiger partial charge in [0.25, 0.3) is 0 Å². The van der Waals surface area contributed by atoms with E-state index in [0.29, 0.717) is 25.3 Å². The normalized spacial score (nSPS) is 11.9. The van der Waals surface area contributed by atoms with Crippen molar-refractivity contribution in [2.75, 3.05) is 18.5 Å². The highest BCUT2D eigenvalue weighted by Crippen LogP contribution is 2.34. The van der Waals surface area contributed by atoms with Crippen LogP contribution in [0.5, 0.6) is 5.75 Å². The maximum Gasteiger partial charge on any atom is 0.333 e. The zero-order valence-electron chi connectivity index (χ0n) is 10.5. The van der Waals surface area contributed by atoms with Gasteiger partial charge in [0.05, 0.1) is 17.6 Å². The van der Waals surface area contributed by atoms with Crippen LogP contribution in [0.25, 0.3) is 0 Å². The average Bonchev–Trinajstić information content (AvgIpc) is 2.28. The molecule has 18 heavy (non-hydrogen) atoms. The molecule has 0 aromatic heterocycles. The number of anilines is 1. The van der Waals surface area contributed by atoms with Crippen LogP contribution in [-0.2, 0) is 0 Å². The highest BCUT2D eigenvalue weighted by molar-refractivity contribution is 5.68. The summed E-state index contributed by atoms with van der Waals surface area (Å²) in [5.41, 5.74) is 0.344. The largest absolute Gasteiger partial charge is 0.487 e. The fourth-order valence-electron chi connectivity index (χ4n) is 1.54. The molecule has 1 unspecified atom stereocenters. The van der Waals surface area contributed by atoms with Crippen LogP contribution < -0.4 is 10.1 Å². The Morgan fingerprint density at radius 1 is 1.56 bits per heavy atom. The molecule has 100 valence electrons. The summed E-state index contributed by atoms with van der Waals surface area (Å²) in [6, 6.07) is 4.90. The first kappa shape index (κ1) is 14.2. The van der Waals surface area contributed by atoms with Crippen molar-refractivity contribution >= 4 is 11.4 Å². The van der Waals surface area contributed by atoms with Gasteiger partial charge in [0.15, 0.2) is 5.75 Å². The summed E-state index contributed by atoms with van der Waals surface area (Å²) in [5, 5.41) is 23.1. The fourth-order valence-corrected chi connectivity index (χ4v) is 1.54. The Kier molecular flexibility index (Phi) is 5.38. The van der Waals surface area contributed by atoms with Gasteiger partial charge < -0.3 is 15.2 Å². The third-order valence-corrected chi connectivity index (χ3v) is 2.36. The van der Waals surface area contributed by atoms with Gasteiger partial charge in [-0.05, 0) is 32.4 Å². The van der Waals surface area contributed by atoms with Crippen molar-refractivity contribution in [3.8, 4) is 5.75 Å². The standard InChI is InChI=1S/C12H18N2O4/c1-3-18-11-6-4-5-10(12(11)14(16)17)13-8-7-9(2)15/h4-6,9,13,15H,3,7-8H2,1-2H3. The Hall–Kier alpha value is -1.82. The molecular weight excluding hydrogens is 236 g/mol. The molecule has 0 saturated heterocycles. The van der Waals surface area contributed by atoms with Crippen molar-refractivity contribution in [3.63, 3.8) is 0 Å². The van der Waals surface area contributed by atoms with Crippen LogP contribution in [0.3, 0.4) is 0 Å². The minimum absolute atomic E-state index is 0.0649. The van der Waals surface area contributed by atoms with E-state index in [2.05, 4.69) is 5.32 Å². The number of benzene rings is 1. The Bertz CT molecular complexity index is 407. The summed E-state index contributed by atoms with van der Waals surface area (Å²) >= 11 is 0. The molecule has 0 saturated carbocycles. The molecule has 0 heterocycles. The molecule has 0 bridgehead atoms. The molecular formula is C12H18N2O4. The van der Waals surface area contributed by atoms with Crippen LogP contribution in [0.2, 0.25) is 0 Å². The number of hydrogen-bond acceptors (Lipinski definition) is 5. The van der Waals surface area contributed by atoms with Gasteiger partial charge in [-0.25, -0.2) is 0 Å². The highest BCUT2D eigenvalue weighted by atomic mass is 16.6. The molecule has 2 N–H and O–H groups in total. The fraction of sp³-hybridized carbons (Fsp3) is 0.500. The molecule has 0 radical (unpaired) electrons. The maximum atomic E-state index is 11.1. The van der Waals surface area contributed by atoms with Crippen molar-refractivity contribution in [1.29, 1.82) is 0 Å². The Balaban J connectivity index is 2.88. The second kappa shape index (κ2) is 6.80. The maximum absolute atomic E-state index is 11.1. The molecule has 0 aliphatic rings. The smallest absolute Gasteiger partial charge is 0.333 e. The Labute approximate surface area is 106 Å². The van der Waals surface area contributed by atoms with E-state index in [0.717, 1.165) is 0 Å². The van der Waals surface area contributed by atoms with Crippen LogP contribution in [0, 0.1) is 10.1 Å². The van der Waals surface area contributed by atoms with E-state index in [9.17, 15) is 10.1 Å². The first-order chi connectivity index (χ1) is 8.56. The molecule has 0 amide bonds. The number of rotatable bonds is 7. The SMILES string of the molecule is CCOc1cccc(NCCC(C)O)c1[N+](=O)[O-]. The molecule has 6 nitrogen and oxygen atoms in total. The number of para-hydroxylation sites is 1. The van der Waals surface area contributed by atoms with E-state index < -0.39 is 11.0 Å². The van der Waals surface area contributed by atoms with Crippen LogP contribution in [0.1, 0.15) is 20.3 Å². The highest BCUT2D eigenvalue weighted by Gasteiger charge is 2.20. The Morgan fingerprint density at radius 2 is 2.28 bits per heavy atom. The number of nitrogens with one attached hydrogen (secondary N) is 1. The number of aliphatic hydroxyl groups excluding tert-OH is 1. The summed E-state index contributed by atoms with van der Waals surface area (Å²) in [6.45, 7) is 4.29. The number of nitro benzene ring substituents is 1. The second-order valence-electron chi connectivity index (χ2n) is 3.91. The third-order valence-electron chi connectivity index (χ3n) is 2.36. The molecule has 6 heteroatoms. The van der Waals surface area contributed by atoms with Gasteiger partial charge in [-0.15, -0.1) is 0 Å². The van der Waals surface area contributed by atoms with Gasteiger partial charge in [-0.3, -0.25) is 10.1 Å². The summed E-state index contributed by atoms with van der Waals surface area (Å²) in [6.07, 6.45) is 0.0855. The monoisotopic (exact) mass is 254 g/mol. The van der Waals surface area contributed by atoms with Crippen molar-refractivity contribution < 1.29 is 14.8 Å². The van der Waals surface area contributed by atoms with Crippen molar-refractivity contribution in [1.82, 2.24) is 0 Å². The first-order valence-corrected chi connectivity index (χ1v) is 5.88. The van der Waals surface area contributed by atoms with E-state index >= 15 is 0 Å². The molecule has 1 atom stereocenters. The van der Waals surface area contributed by atoms with Crippen LogP contribution in [0.4, 0.5) is 11.4 Å². The van der Waals surface area contributed by atoms with E-state index in [1.807, 2.05) is 0 Å². The molecule has 1 rings (SSSR count). The average molecular weight is 254 g/mol. The lowest BCUT2D eigenvalue weighted by molar-refractivity contribution is -0.384. The predicted molar refractivity (Wildman–Crippen MR) is 69.1 cm³/mol. The summed E-state index contributed by atoms with van der Waals surface area (Å²) in [5.74, 6) is 0.254. The van der Waals surface area contributed by atoms with Gasteiger partial charge in [0.1, 0.15) is 5.69 Å². The predicted octanol–water partition coefficient (Wildman–Crippen LogP) is 2.18. The molecule has 1 aromatic carbocycles. The van der Waals surface area contributed by atoms with Crippen LogP contribution in [0.15, 0.2) is 18.2 Å². The van der Waals surface area contributed by atoms with E-state index in [1.54, 1.807) is 32.0 Å². The topological polar surface area (TPSA) is 84.6 Å². The lowest BCUT2D eigenvalue weighted by Crippen LogP contribution is -2.11. The molecule has 0 fully saturated rings. The van der Waals surface area contributed by atoms with Gasteiger partial charge in [0.2, 0.25) is 0 Å². The number of nitro groups is 1. The quantitative estimate of drug-likeness (QED) is 0.575. The summed E-state index contributed by atoms with van der Waals surface area (Å²) in [4.78, 5) is 10.6. The van der Waals surface area contributed by atoms with Crippen molar-refractivity contribution in [3.05, 3.63) is 28.3 Å². The minimum Gasteiger partial charge on any atom is -0.487 e. The Morgan fingerprint density at radius 3 is 2.83 bits per heavy atom. The summed E-state index contributed by atoms with van der Waals surface area (Å²) < 4.78 is 5.24. The first-order valence-electron chi connectivity index (χ1n) is 5.88. The van der Waals surface area contributed by atoms with E-state index in [4.69, 9.17) is 9.84 Å². The number of nitrogens with zero attached hydrogens (tertiary/aromatic N) is 1. The van der Waals surface area contributed by atoms with E-state index in [1.165, 1.54) is 0 Å². The molecule has 0 aliphatic heterocycles. The number of ether oxygens (including phenoxy) is 1. The molecule has 0 aliphatic carbocycles. The van der Waals surface area contributed by atoms with Crippen LogP contribution >= 0.6 is 0 Å². The molecule has 1 aromatic rings. The zero-order chi connectivity index (χ0) is 13.5. The lowest BCUT2D eigenvalue weighted by atomic mass is 10.2.